The van der Waals surface area contributed by atoms with E-state index in [4.69, 9.17) is 10.7 Å². The predicted octanol–water partition coefficient (Wildman–Crippen LogP) is 2.24. The van der Waals surface area contributed by atoms with E-state index in [1.165, 1.54) is 12.8 Å². The van der Waals surface area contributed by atoms with Crippen LogP contribution in [0.5, 0.6) is 0 Å². The lowest BCUT2D eigenvalue weighted by molar-refractivity contribution is 0.0892. The number of nitrogens with two attached hydrogens (primary N) is 1. The molecule has 3 aromatic rings. The van der Waals surface area contributed by atoms with E-state index < -0.39 is 0 Å². The zero-order valence-corrected chi connectivity index (χ0v) is 17.8. The molecule has 0 amide bonds. The van der Waals surface area contributed by atoms with Gasteiger partial charge in [-0.1, -0.05) is 0 Å². The lowest BCUT2D eigenvalue weighted by Gasteiger charge is -2.35. The Morgan fingerprint density at radius 2 is 2.13 bits per heavy atom. The van der Waals surface area contributed by atoms with Crippen LogP contribution < -0.4 is 11.1 Å². The Hall–Kier alpha value is -3.12. The molecule has 9 heteroatoms. The quantitative estimate of drug-likeness (QED) is 0.509. The number of nitrogen functional groups attached to an aromatic ring is 1. The van der Waals surface area contributed by atoms with Gasteiger partial charge in [-0.25, -0.2) is 4.98 Å². The Balaban J connectivity index is 1.33. The van der Waals surface area contributed by atoms with Crippen LogP contribution in [0.4, 0.5) is 11.6 Å². The molecule has 2 atom stereocenters. The molecule has 0 radical (unpaired) electrons. The summed E-state index contributed by atoms with van der Waals surface area (Å²) in [5, 5.41) is 31.6. The van der Waals surface area contributed by atoms with Crippen molar-refractivity contribution in [1.29, 1.82) is 5.26 Å². The molecule has 3 heterocycles. The zero-order chi connectivity index (χ0) is 21.5. The molecule has 31 heavy (non-hydrogen) atoms. The standard InChI is InChI=1S/C22H28N8O/c1-13-17(10-14-2-3-14)22-26-21(18(11-23)20(24)30(22)27-13)25-8-6-16-7-9-29(28-16)19-5-4-15(19)12-31/h7,9,14-15,19,31H,2-6,8,10,12,24H2,1H3,(H,25,26). The van der Waals surface area contributed by atoms with Gasteiger partial charge in [0.2, 0.25) is 0 Å². The van der Waals surface area contributed by atoms with Gasteiger partial charge in [-0.15, -0.1) is 0 Å². The van der Waals surface area contributed by atoms with Crippen molar-refractivity contribution in [1.82, 2.24) is 24.4 Å². The highest BCUT2D eigenvalue weighted by Gasteiger charge is 2.32. The highest BCUT2D eigenvalue weighted by atomic mass is 16.3. The Morgan fingerprint density at radius 3 is 2.81 bits per heavy atom. The van der Waals surface area contributed by atoms with E-state index in [-0.39, 0.29) is 6.61 Å². The van der Waals surface area contributed by atoms with Crippen molar-refractivity contribution in [3.8, 4) is 6.07 Å². The van der Waals surface area contributed by atoms with E-state index in [1.807, 2.05) is 23.9 Å². The van der Waals surface area contributed by atoms with Crippen LogP contribution >= 0.6 is 0 Å². The number of aliphatic hydroxyl groups is 1. The van der Waals surface area contributed by atoms with Gasteiger partial charge in [0.15, 0.2) is 5.65 Å². The molecule has 2 aliphatic rings. The average molecular weight is 421 g/mol. The van der Waals surface area contributed by atoms with Crippen LogP contribution in [-0.4, -0.2) is 42.6 Å². The van der Waals surface area contributed by atoms with E-state index in [9.17, 15) is 10.4 Å². The third-order valence-electron chi connectivity index (χ3n) is 6.69. The number of nitriles is 1. The number of aryl methyl sites for hydroxylation is 1. The topological polar surface area (TPSA) is 130 Å². The molecule has 5 rings (SSSR count). The summed E-state index contributed by atoms with van der Waals surface area (Å²) in [5.41, 5.74) is 10.4. The van der Waals surface area contributed by atoms with Crippen LogP contribution in [0.25, 0.3) is 5.65 Å². The van der Waals surface area contributed by atoms with Gasteiger partial charge in [0.1, 0.15) is 23.3 Å². The van der Waals surface area contributed by atoms with E-state index in [0.29, 0.717) is 48.0 Å². The van der Waals surface area contributed by atoms with E-state index >= 15 is 0 Å². The van der Waals surface area contributed by atoms with Crippen molar-refractivity contribution in [3.05, 3.63) is 34.8 Å². The lowest BCUT2D eigenvalue weighted by Crippen LogP contribution is -2.31. The number of nitrogens with zero attached hydrogens (tertiary/aromatic N) is 6. The number of fused-ring (bicyclic) bond motifs is 1. The van der Waals surface area contributed by atoms with Gasteiger partial charge in [-0.2, -0.15) is 20.0 Å². The summed E-state index contributed by atoms with van der Waals surface area (Å²) >= 11 is 0. The third-order valence-corrected chi connectivity index (χ3v) is 6.69. The Morgan fingerprint density at radius 1 is 1.29 bits per heavy atom. The molecule has 4 N–H and O–H groups in total. The second kappa shape index (κ2) is 7.85. The first-order valence-electron chi connectivity index (χ1n) is 11.1. The summed E-state index contributed by atoms with van der Waals surface area (Å²) in [4.78, 5) is 4.75. The number of hydrogen-bond acceptors (Lipinski definition) is 7. The number of aliphatic hydroxyl groups excluding tert-OH is 1. The highest BCUT2D eigenvalue weighted by Crippen LogP contribution is 2.37. The van der Waals surface area contributed by atoms with Crippen LogP contribution in [0.15, 0.2) is 12.3 Å². The first-order valence-corrected chi connectivity index (χ1v) is 11.1. The molecule has 0 aliphatic heterocycles. The molecule has 2 saturated carbocycles. The maximum Gasteiger partial charge on any atom is 0.163 e. The Bertz CT molecular complexity index is 1150. The van der Waals surface area contributed by atoms with Crippen LogP contribution in [-0.2, 0) is 12.8 Å². The second-order valence-electron chi connectivity index (χ2n) is 8.83. The summed E-state index contributed by atoms with van der Waals surface area (Å²) in [7, 11) is 0. The van der Waals surface area contributed by atoms with Gasteiger partial charge < -0.3 is 16.2 Å². The number of hydrogen-bond donors (Lipinski definition) is 3. The van der Waals surface area contributed by atoms with Gasteiger partial charge in [0, 0.05) is 37.3 Å². The SMILES string of the molecule is Cc1nn2c(N)c(C#N)c(NCCc3ccn(C4CCC4CO)n3)nc2c1CC1CC1. The fraction of sp³-hybridized carbons (Fsp3) is 0.545. The van der Waals surface area contributed by atoms with Crippen LogP contribution in [0.3, 0.4) is 0 Å². The maximum atomic E-state index is 9.67. The summed E-state index contributed by atoms with van der Waals surface area (Å²) in [6, 6.07) is 4.49. The molecule has 2 fully saturated rings. The molecule has 162 valence electrons. The van der Waals surface area contributed by atoms with Crippen molar-refractivity contribution in [2.24, 2.45) is 11.8 Å². The first kappa shape index (κ1) is 19.8. The number of aromatic nitrogens is 5. The molecular formula is C22H28N8O. The van der Waals surface area contributed by atoms with Gasteiger partial charge in [0.05, 0.1) is 17.4 Å². The average Bonchev–Trinajstić information content (AvgIpc) is 3.35. The maximum absolute atomic E-state index is 9.67. The smallest absolute Gasteiger partial charge is 0.163 e. The van der Waals surface area contributed by atoms with E-state index in [1.54, 1.807) is 4.52 Å². The third kappa shape index (κ3) is 3.61. The molecule has 9 nitrogen and oxygen atoms in total. The van der Waals surface area contributed by atoms with Crippen molar-refractivity contribution < 1.29 is 5.11 Å². The molecule has 0 bridgehead atoms. The summed E-state index contributed by atoms with van der Waals surface area (Å²) in [5.74, 6) is 1.84. The van der Waals surface area contributed by atoms with Crippen LogP contribution in [0.1, 0.15) is 54.2 Å². The summed E-state index contributed by atoms with van der Waals surface area (Å²) < 4.78 is 3.58. The molecular weight excluding hydrogens is 392 g/mol. The van der Waals surface area contributed by atoms with Crippen molar-refractivity contribution in [3.63, 3.8) is 0 Å². The normalized spacial score (nSPS) is 20.5. The second-order valence-corrected chi connectivity index (χ2v) is 8.83. The van der Waals surface area contributed by atoms with Gasteiger partial charge >= 0.3 is 0 Å². The van der Waals surface area contributed by atoms with Gasteiger partial charge in [-0.3, -0.25) is 4.68 Å². The molecule has 2 unspecified atom stereocenters. The number of nitrogens with one attached hydrogen (secondary N) is 1. The summed E-state index contributed by atoms with van der Waals surface area (Å²) in [6.07, 6.45) is 8.27. The van der Waals surface area contributed by atoms with Crippen LogP contribution in [0.2, 0.25) is 0 Å². The minimum Gasteiger partial charge on any atom is -0.396 e. The first-order chi connectivity index (χ1) is 15.1. The fourth-order valence-electron chi connectivity index (χ4n) is 4.42. The minimum atomic E-state index is 0.213. The molecule has 0 aromatic carbocycles. The molecule has 3 aromatic heterocycles. The molecule has 0 spiro atoms. The fourth-order valence-corrected chi connectivity index (χ4v) is 4.42. The number of anilines is 2. The zero-order valence-electron chi connectivity index (χ0n) is 17.8. The monoisotopic (exact) mass is 420 g/mol. The predicted molar refractivity (Wildman–Crippen MR) is 117 cm³/mol. The van der Waals surface area contributed by atoms with Gasteiger partial charge in [0.25, 0.3) is 0 Å². The number of rotatable bonds is 8. The molecule has 2 aliphatic carbocycles. The van der Waals surface area contributed by atoms with Crippen LogP contribution in [0, 0.1) is 30.1 Å². The Labute approximate surface area is 180 Å². The Kier molecular flexibility index (Phi) is 5.02. The highest BCUT2D eigenvalue weighted by molar-refractivity contribution is 5.69. The minimum absolute atomic E-state index is 0.213. The summed E-state index contributed by atoms with van der Waals surface area (Å²) in [6.45, 7) is 2.78. The van der Waals surface area contributed by atoms with E-state index in [0.717, 1.165) is 41.9 Å². The largest absolute Gasteiger partial charge is 0.396 e. The van der Waals surface area contributed by atoms with Crippen molar-refractivity contribution in [2.75, 3.05) is 24.2 Å². The lowest BCUT2D eigenvalue weighted by atomic mass is 9.80. The van der Waals surface area contributed by atoms with Gasteiger partial charge in [-0.05, 0) is 51.0 Å². The van der Waals surface area contributed by atoms with E-state index in [2.05, 4.69) is 21.6 Å². The van der Waals surface area contributed by atoms with Crippen molar-refractivity contribution >= 4 is 17.3 Å². The van der Waals surface area contributed by atoms with Crippen molar-refractivity contribution in [2.45, 2.75) is 51.5 Å². The molecule has 0 saturated heterocycles.